The van der Waals surface area contributed by atoms with E-state index in [1.165, 1.54) is 6.20 Å². The molecule has 2 atom stereocenters. The number of fused-ring (bicyclic) bond motifs is 1. The molecule has 33 heavy (non-hydrogen) atoms. The third-order valence-electron chi connectivity index (χ3n) is 6.17. The van der Waals surface area contributed by atoms with Crippen molar-refractivity contribution in [2.75, 3.05) is 43.1 Å². The van der Waals surface area contributed by atoms with Gasteiger partial charge in [0.2, 0.25) is 5.95 Å². The number of hydrogen-bond acceptors (Lipinski definition) is 7. The van der Waals surface area contributed by atoms with Gasteiger partial charge in [-0.15, -0.1) is 0 Å². The van der Waals surface area contributed by atoms with E-state index in [4.69, 9.17) is 4.74 Å². The van der Waals surface area contributed by atoms with Gasteiger partial charge in [-0.05, 0) is 38.4 Å². The summed E-state index contributed by atoms with van der Waals surface area (Å²) in [5, 5.41) is 7.02. The standard InChI is InChI=1S/C22H26F3N7O/c1-13-12-33-8-7-32(13)18-5-4-15-16(10-27-20(15)30-18)19-17(22(23,24)25)11-28-21(31-19)29-14-3-2-6-26-9-14/h4-5,10-11,13-14,26H,2-3,6-9,12H2,1H3,(H,27,30)(H,28,29,31)/t13-,14-/m0/s1. The number of aromatic amines is 1. The van der Waals surface area contributed by atoms with Gasteiger partial charge >= 0.3 is 6.18 Å². The van der Waals surface area contributed by atoms with Gasteiger partial charge in [0.05, 0.1) is 24.9 Å². The van der Waals surface area contributed by atoms with Crippen LogP contribution in [0.4, 0.5) is 24.9 Å². The van der Waals surface area contributed by atoms with Crippen molar-refractivity contribution in [3.8, 4) is 11.3 Å². The van der Waals surface area contributed by atoms with Gasteiger partial charge in [-0.25, -0.2) is 15.0 Å². The molecule has 0 amide bonds. The Bertz CT molecular complexity index is 1130. The quantitative estimate of drug-likeness (QED) is 0.548. The Balaban J connectivity index is 1.52. The summed E-state index contributed by atoms with van der Waals surface area (Å²) in [6.07, 6.45) is -0.291. The van der Waals surface area contributed by atoms with Gasteiger partial charge in [-0.1, -0.05) is 0 Å². The highest BCUT2D eigenvalue weighted by molar-refractivity contribution is 5.94. The van der Waals surface area contributed by atoms with Crippen LogP contribution in [0.25, 0.3) is 22.3 Å². The lowest BCUT2D eigenvalue weighted by atomic mass is 10.1. The van der Waals surface area contributed by atoms with Crippen molar-refractivity contribution < 1.29 is 17.9 Å². The molecule has 0 radical (unpaired) electrons. The number of nitrogens with one attached hydrogen (secondary N) is 3. The molecule has 0 bridgehead atoms. The Kier molecular flexibility index (Phi) is 5.83. The number of H-pyrrole nitrogens is 1. The predicted molar refractivity (Wildman–Crippen MR) is 119 cm³/mol. The van der Waals surface area contributed by atoms with Crippen LogP contribution in [0.3, 0.4) is 0 Å². The molecule has 2 fully saturated rings. The number of aromatic nitrogens is 4. The van der Waals surface area contributed by atoms with E-state index in [1.807, 2.05) is 6.07 Å². The average molecular weight is 461 g/mol. The second kappa shape index (κ2) is 8.79. The van der Waals surface area contributed by atoms with Gasteiger partial charge in [0.1, 0.15) is 17.0 Å². The van der Waals surface area contributed by atoms with Crippen LogP contribution in [0.1, 0.15) is 25.3 Å². The number of pyridine rings is 1. The maximum atomic E-state index is 13.8. The molecule has 3 aromatic heterocycles. The van der Waals surface area contributed by atoms with Gasteiger partial charge in [-0.3, -0.25) is 0 Å². The molecule has 0 aromatic carbocycles. The number of nitrogens with zero attached hydrogens (tertiary/aromatic N) is 4. The Morgan fingerprint density at radius 1 is 1.24 bits per heavy atom. The zero-order valence-corrected chi connectivity index (χ0v) is 18.2. The van der Waals surface area contributed by atoms with Crippen molar-refractivity contribution in [2.45, 2.75) is 38.0 Å². The SMILES string of the molecule is C[C@H]1COCCN1c1ccc2c(-c3nc(N[C@H]4CCCNC4)ncc3C(F)(F)F)c[nH]c2n1. The highest BCUT2D eigenvalue weighted by Gasteiger charge is 2.36. The van der Waals surface area contributed by atoms with Crippen LogP contribution >= 0.6 is 0 Å². The zero-order valence-electron chi connectivity index (χ0n) is 18.2. The molecule has 2 saturated heterocycles. The topological polar surface area (TPSA) is 91.0 Å². The number of ether oxygens (including phenoxy) is 1. The first-order valence-electron chi connectivity index (χ1n) is 11.1. The lowest BCUT2D eigenvalue weighted by Gasteiger charge is -2.34. The molecule has 0 unspecified atom stereocenters. The van der Waals surface area contributed by atoms with Crippen molar-refractivity contribution in [3.05, 3.63) is 30.1 Å². The normalized spacial score (nSPS) is 22.0. The van der Waals surface area contributed by atoms with E-state index in [-0.39, 0.29) is 23.7 Å². The second-order valence-electron chi connectivity index (χ2n) is 8.53. The fraction of sp³-hybridized carbons (Fsp3) is 0.500. The molecule has 5 heterocycles. The molecule has 8 nitrogen and oxygen atoms in total. The van der Waals surface area contributed by atoms with Crippen molar-refractivity contribution in [1.29, 1.82) is 0 Å². The summed E-state index contributed by atoms with van der Waals surface area (Å²) in [5.41, 5.74) is -0.177. The predicted octanol–water partition coefficient (Wildman–Crippen LogP) is 3.43. The second-order valence-corrected chi connectivity index (χ2v) is 8.53. The van der Waals surface area contributed by atoms with Crippen molar-refractivity contribution in [1.82, 2.24) is 25.3 Å². The van der Waals surface area contributed by atoms with E-state index < -0.39 is 11.7 Å². The van der Waals surface area contributed by atoms with Crippen LogP contribution in [-0.4, -0.2) is 64.9 Å². The van der Waals surface area contributed by atoms with Crippen LogP contribution in [0.15, 0.2) is 24.5 Å². The van der Waals surface area contributed by atoms with Crippen LogP contribution in [-0.2, 0) is 10.9 Å². The number of halogens is 3. The highest BCUT2D eigenvalue weighted by Crippen LogP contribution is 2.39. The molecule has 0 spiro atoms. The summed E-state index contributed by atoms with van der Waals surface area (Å²) in [6.45, 7) is 5.64. The maximum Gasteiger partial charge on any atom is 0.419 e. The van der Waals surface area contributed by atoms with Gasteiger partial charge < -0.3 is 25.3 Å². The Morgan fingerprint density at radius 3 is 2.88 bits per heavy atom. The van der Waals surface area contributed by atoms with Gasteiger partial charge in [0.25, 0.3) is 0 Å². The molecular formula is C22H26F3N7O. The highest BCUT2D eigenvalue weighted by atomic mass is 19.4. The van der Waals surface area contributed by atoms with Gasteiger partial charge in [-0.2, -0.15) is 13.2 Å². The fourth-order valence-electron chi connectivity index (χ4n) is 4.44. The first-order chi connectivity index (χ1) is 15.9. The van der Waals surface area contributed by atoms with Crippen molar-refractivity contribution >= 4 is 22.8 Å². The Hall–Kier alpha value is -2.92. The molecule has 2 aliphatic heterocycles. The molecule has 5 rings (SSSR count). The molecule has 176 valence electrons. The zero-order chi connectivity index (χ0) is 23.0. The number of morpholine rings is 1. The first-order valence-corrected chi connectivity index (χ1v) is 11.1. The van der Waals surface area contributed by atoms with Crippen molar-refractivity contribution in [3.63, 3.8) is 0 Å². The van der Waals surface area contributed by atoms with E-state index in [0.717, 1.165) is 37.9 Å². The van der Waals surface area contributed by atoms with Crippen LogP contribution < -0.4 is 15.5 Å². The smallest absolute Gasteiger partial charge is 0.377 e. The number of rotatable bonds is 4. The largest absolute Gasteiger partial charge is 0.419 e. The van der Waals surface area contributed by atoms with Crippen LogP contribution in [0.5, 0.6) is 0 Å². The van der Waals surface area contributed by atoms with Gasteiger partial charge in [0, 0.05) is 42.5 Å². The number of anilines is 2. The third-order valence-corrected chi connectivity index (χ3v) is 6.17. The minimum absolute atomic E-state index is 0.0750. The van der Waals surface area contributed by atoms with Crippen LogP contribution in [0, 0.1) is 0 Å². The molecule has 3 N–H and O–H groups in total. The third kappa shape index (κ3) is 4.47. The van der Waals surface area contributed by atoms with E-state index in [1.54, 1.807) is 6.07 Å². The van der Waals surface area contributed by atoms with Gasteiger partial charge in [0.15, 0.2) is 0 Å². The molecule has 0 saturated carbocycles. The summed E-state index contributed by atoms with van der Waals surface area (Å²) in [6, 6.07) is 3.88. The summed E-state index contributed by atoms with van der Waals surface area (Å²) >= 11 is 0. The van der Waals surface area contributed by atoms with E-state index in [0.29, 0.717) is 36.4 Å². The molecule has 0 aliphatic carbocycles. The summed E-state index contributed by atoms with van der Waals surface area (Å²) in [5.74, 6) is 0.949. The summed E-state index contributed by atoms with van der Waals surface area (Å²) < 4.78 is 47.0. The minimum atomic E-state index is -4.58. The number of piperidine rings is 1. The van der Waals surface area contributed by atoms with E-state index in [2.05, 4.69) is 42.4 Å². The monoisotopic (exact) mass is 461 g/mol. The fourth-order valence-corrected chi connectivity index (χ4v) is 4.44. The minimum Gasteiger partial charge on any atom is -0.377 e. The van der Waals surface area contributed by atoms with E-state index in [9.17, 15) is 13.2 Å². The first kappa shape index (κ1) is 21.9. The average Bonchev–Trinajstić information content (AvgIpc) is 3.22. The molecular weight excluding hydrogens is 435 g/mol. The summed E-state index contributed by atoms with van der Waals surface area (Å²) in [7, 11) is 0. The molecule has 3 aromatic rings. The van der Waals surface area contributed by atoms with E-state index >= 15 is 0 Å². The lowest BCUT2D eigenvalue weighted by Crippen LogP contribution is -2.44. The maximum absolute atomic E-state index is 13.8. The number of alkyl halides is 3. The number of hydrogen-bond donors (Lipinski definition) is 3. The lowest BCUT2D eigenvalue weighted by molar-refractivity contribution is -0.137. The molecule has 11 heteroatoms. The Labute approximate surface area is 189 Å². The Morgan fingerprint density at radius 2 is 2.12 bits per heavy atom. The molecule has 2 aliphatic rings. The summed E-state index contributed by atoms with van der Waals surface area (Å²) in [4.78, 5) is 18.1. The van der Waals surface area contributed by atoms with Crippen LogP contribution in [0.2, 0.25) is 0 Å². The van der Waals surface area contributed by atoms with Crippen molar-refractivity contribution in [2.24, 2.45) is 0 Å².